The molecule has 0 atom stereocenters. The van der Waals surface area contributed by atoms with E-state index in [1.807, 2.05) is 24.3 Å². The summed E-state index contributed by atoms with van der Waals surface area (Å²) in [5.41, 5.74) is 1.95. The first-order chi connectivity index (χ1) is 13.4. The maximum Gasteiger partial charge on any atom is 0.254 e. The van der Waals surface area contributed by atoms with Crippen LogP contribution in [0.4, 0.5) is 5.69 Å². The Morgan fingerprint density at radius 3 is 2.61 bits per heavy atom. The molecule has 1 aliphatic heterocycles. The third-order valence-corrected chi connectivity index (χ3v) is 6.52. The van der Waals surface area contributed by atoms with E-state index in [1.54, 1.807) is 42.4 Å². The van der Waals surface area contributed by atoms with Crippen LogP contribution in [0, 0.1) is 0 Å². The summed E-state index contributed by atoms with van der Waals surface area (Å²) in [6, 6.07) is 14.3. The Labute approximate surface area is 166 Å². The molecule has 1 heterocycles. The molecular weight excluding hydrogens is 376 g/mol. The van der Waals surface area contributed by atoms with Crippen LogP contribution in [0.1, 0.15) is 22.3 Å². The molecule has 0 N–H and O–H groups in total. The van der Waals surface area contributed by atoms with Gasteiger partial charge in [-0.3, -0.25) is 9.10 Å². The van der Waals surface area contributed by atoms with E-state index in [9.17, 15) is 13.2 Å². The molecule has 3 rings (SSSR count). The molecule has 148 valence electrons. The van der Waals surface area contributed by atoms with Crippen LogP contribution < -0.4 is 9.04 Å². The number of hydrogen-bond acceptors (Lipinski definition) is 4. The molecule has 2 aromatic rings. The summed E-state index contributed by atoms with van der Waals surface area (Å²) in [5, 5.41) is 0. The Morgan fingerprint density at radius 1 is 1.25 bits per heavy atom. The normalized spacial score (nSPS) is 15.2. The number of sulfonamides is 1. The molecule has 2 aromatic carbocycles. The summed E-state index contributed by atoms with van der Waals surface area (Å²) in [6.07, 6.45) is 2.27. The minimum Gasteiger partial charge on any atom is -0.497 e. The summed E-state index contributed by atoms with van der Waals surface area (Å²) in [4.78, 5) is 14.7. The van der Waals surface area contributed by atoms with Gasteiger partial charge in [0, 0.05) is 25.2 Å². The van der Waals surface area contributed by atoms with E-state index in [4.69, 9.17) is 4.74 Å². The van der Waals surface area contributed by atoms with Gasteiger partial charge >= 0.3 is 0 Å². The summed E-state index contributed by atoms with van der Waals surface area (Å²) in [6.45, 7) is 4.99. The Morgan fingerprint density at radius 2 is 2.00 bits per heavy atom. The molecule has 7 heteroatoms. The Kier molecular flexibility index (Phi) is 6.04. The lowest BCUT2D eigenvalue weighted by Gasteiger charge is -2.23. The van der Waals surface area contributed by atoms with Crippen LogP contribution in [-0.4, -0.2) is 45.2 Å². The average molecular weight is 401 g/mol. The highest BCUT2D eigenvalue weighted by Gasteiger charge is 2.29. The Balaban J connectivity index is 1.83. The van der Waals surface area contributed by atoms with Crippen LogP contribution >= 0.6 is 0 Å². The largest absolute Gasteiger partial charge is 0.497 e. The number of amides is 1. The van der Waals surface area contributed by atoms with Crippen molar-refractivity contribution in [2.75, 3.05) is 30.3 Å². The molecule has 6 nitrogen and oxygen atoms in total. The highest BCUT2D eigenvalue weighted by Crippen LogP contribution is 2.25. The van der Waals surface area contributed by atoms with Crippen LogP contribution in [-0.2, 0) is 16.6 Å². The highest BCUT2D eigenvalue weighted by molar-refractivity contribution is 7.93. The van der Waals surface area contributed by atoms with Gasteiger partial charge in [0.1, 0.15) is 5.75 Å². The Hall–Kier alpha value is -2.80. The van der Waals surface area contributed by atoms with Crippen molar-refractivity contribution in [1.29, 1.82) is 0 Å². The van der Waals surface area contributed by atoms with Gasteiger partial charge in [-0.15, -0.1) is 6.58 Å². The van der Waals surface area contributed by atoms with Crippen LogP contribution in [0.25, 0.3) is 0 Å². The van der Waals surface area contributed by atoms with Crippen molar-refractivity contribution in [2.45, 2.75) is 13.0 Å². The van der Waals surface area contributed by atoms with Gasteiger partial charge in [0.05, 0.1) is 18.6 Å². The van der Waals surface area contributed by atoms with Crippen molar-refractivity contribution in [2.24, 2.45) is 0 Å². The maximum absolute atomic E-state index is 13.1. The molecule has 1 amide bonds. The third-order valence-electron chi connectivity index (χ3n) is 4.65. The van der Waals surface area contributed by atoms with Crippen molar-refractivity contribution in [3.63, 3.8) is 0 Å². The lowest BCUT2D eigenvalue weighted by molar-refractivity contribution is 0.0762. The summed E-state index contributed by atoms with van der Waals surface area (Å²) in [7, 11) is -1.68. The first kappa shape index (κ1) is 19.9. The first-order valence-electron chi connectivity index (χ1n) is 9.08. The van der Waals surface area contributed by atoms with Gasteiger partial charge < -0.3 is 9.64 Å². The van der Waals surface area contributed by atoms with Gasteiger partial charge in [-0.1, -0.05) is 24.3 Å². The van der Waals surface area contributed by atoms with Gasteiger partial charge in [0.2, 0.25) is 10.0 Å². The van der Waals surface area contributed by atoms with E-state index in [1.165, 1.54) is 4.31 Å². The molecule has 1 fully saturated rings. The second-order valence-electron chi connectivity index (χ2n) is 6.61. The lowest BCUT2D eigenvalue weighted by Crippen LogP contribution is -2.31. The van der Waals surface area contributed by atoms with Gasteiger partial charge in [-0.25, -0.2) is 8.42 Å². The van der Waals surface area contributed by atoms with E-state index >= 15 is 0 Å². The number of nitrogens with zero attached hydrogens (tertiary/aromatic N) is 2. The average Bonchev–Trinajstić information content (AvgIpc) is 3.07. The fourth-order valence-corrected chi connectivity index (χ4v) is 4.79. The molecule has 1 saturated heterocycles. The van der Waals surface area contributed by atoms with E-state index in [0.717, 1.165) is 11.3 Å². The number of carbonyl (C=O) groups excluding carboxylic acids is 1. The van der Waals surface area contributed by atoms with Crippen LogP contribution in [0.15, 0.2) is 61.2 Å². The van der Waals surface area contributed by atoms with E-state index in [2.05, 4.69) is 6.58 Å². The van der Waals surface area contributed by atoms with Crippen LogP contribution in [0.3, 0.4) is 0 Å². The summed E-state index contributed by atoms with van der Waals surface area (Å²) < 4.78 is 30.9. The lowest BCUT2D eigenvalue weighted by atomic mass is 10.1. The minimum atomic E-state index is -3.29. The zero-order valence-corrected chi connectivity index (χ0v) is 16.7. The third kappa shape index (κ3) is 4.36. The van der Waals surface area contributed by atoms with Crippen molar-refractivity contribution in [3.8, 4) is 5.75 Å². The zero-order chi connectivity index (χ0) is 20.1. The van der Waals surface area contributed by atoms with E-state index in [0.29, 0.717) is 37.3 Å². The van der Waals surface area contributed by atoms with Crippen LogP contribution in [0.5, 0.6) is 5.75 Å². The second kappa shape index (κ2) is 8.48. The van der Waals surface area contributed by atoms with E-state index in [-0.39, 0.29) is 11.7 Å². The highest BCUT2D eigenvalue weighted by atomic mass is 32.2. The predicted molar refractivity (Wildman–Crippen MR) is 110 cm³/mol. The molecule has 0 bridgehead atoms. The summed E-state index contributed by atoms with van der Waals surface area (Å²) in [5.74, 6) is 0.727. The number of rotatable bonds is 7. The number of benzene rings is 2. The number of ether oxygens (including phenoxy) is 1. The van der Waals surface area contributed by atoms with Gasteiger partial charge in [-0.2, -0.15) is 0 Å². The van der Waals surface area contributed by atoms with Crippen molar-refractivity contribution in [3.05, 3.63) is 72.3 Å². The monoisotopic (exact) mass is 400 g/mol. The number of methoxy groups -OCH3 is 1. The summed E-state index contributed by atoms with van der Waals surface area (Å²) >= 11 is 0. The standard InChI is InChI=1S/C21H24N2O4S/c1-3-12-22(16-17-8-10-20(27-2)11-9-17)21(24)18-6-4-7-19(15-18)23-13-5-14-28(23,25)26/h3-4,6-11,15H,1,5,12-14,16H2,2H3. The minimum absolute atomic E-state index is 0.144. The molecule has 0 saturated carbocycles. The van der Waals surface area contributed by atoms with Crippen molar-refractivity contribution < 1.29 is 17.9 Å². The SMILES string of the molecule is C=CCN(Cc1ccc(OC)cc1)C(=O)c1cccc(N2CCCS2(=O)=O)c1. The molecule has 1 aliphatic rings. The van der Waals surface area contributed by atoms with Crippen molar-refractivity contribution in [1.82, 2.24) is 4.90 Å². The van der Waals surface area contributed by atoms with Gasteiger partial charge in [0.25, 0.3) is 5.91 Å². The molecule has 28 heavy (non-hydrogen) atoms. The number of carbonyl (C=O) groups is 1. The predicted octanol–water partition coefficient (Wildman–Crippen LogP) is 3.06. The van der Waals surface area contributed by atoms with Gasteiger partial charge in [0.15, 0.2) is 0 Å². The molecule has 0 spiro atoms. The first-order valence-corrected chi connectivity index (χ1v) is 10.7. The number of anilines is 1. The zero-order valence-electron chi connectivity index (χ0n) is 15.9. The van der Waals surface area contributed by atoms with Crippen molar-refractivity contribution >= 4 is 21.6 Å². The molecule has 0 aromatic heterocycles. The molecule has 0 unspecified atom stereocenters. The molecule has 0 aliphatic carbocycles. The molecular formula is C21H24N2O4S. The quantitative estimate of drug-likeness (QED) is 0.670. The topological polar surface area (TPSA) is 66.9 Å². The van der Waals surface area contributed by atoms with Crippen LogP contribution in [0.2, 0.25) is 0 Å². The fourth-order valence-electron chi connectivity index (χ4n) is 3.23. The fraction of sp³-hybridized carbons (Fsp3) is 0.286. The van der Waals surface area contributed by atoms with E-state index < -0.39 is 10.0 Å². The van der Waals surface area contributed by atoms with Gasteiger partial charge in [-0.05, 0) is 42.3 Å². The molecule has 0 radical (unpaired) electrons. The maximum atomic E-state index is 13.1. The smallest absolute Gasteiger partial charge is 0.254 e. The number of hydrogen-bond donors (Lipinski definition) is 0. The Bertz CT molecular complexity index is 955. The second-order valence-corrected chi connectivity index (χ2v) is 8.63.